The number of nitrogens with one attached hydrogen (secondary N) is 2. The van der Waals surface area contributed by atoms with Gasteiger partial charge in [0.25, 0.3) is 0 Å². The molecule has 10 heteroatoms. The van der Waals surface area contributed by atoms with Crippen LogP contribution in [0.5, 0.6) is 11.5 Å². The Labute approximate surface area is 169 Å². The van der Waals surface area contributed by atoms with Crippen molar-refractivity contribution < 1.29 is 37.7 Å². The number of ketones is 1. The Balaban J connectivity index is 2.18. The molecule has 0 radical (unpaired) electrons. The van der Waals surface area contributed by atoms with E-state index in [1.54, 1.807) is 19.1 Å². The molecule has 0 unspecified atom stereocenters. The summed E-state index contributed by atoms with van der Waals surface area (Å²) in [5, 5.41) is 24.1. The summed E-state index contributed by atoms with van der Waals surface area (Å²) >= 11 is 0. The predicted molar refractivity (Wildman–Crippen MR) is 99.1 cm³/mol. The summed E-state index contributed by atoms with van der Waals surface area (Å²) < 4.78 is 46.6. The third-order valence-electron chi connectivity index (χ3n) is 4.99. The molecule has 0 saturated carbocycles. The van der Waals surface area contributed by atoms with Crippen molar-refractivity contribution in [1.82, 2.24) is 10.6 Å². The van der Waals surface area contributed by atoms with Gasteiger partial charge in [-0.05, 0) is 24.6 Å². The maximum Gasteiger partial charge on any atom is 0.437 e. The van der Waals surface area contributed by atoms with Crippen LogP contribution in [0.3, 0.4) is 0 Å². The number of Topliss-reactive ketones (excluding diaryl/α,β-unsaturated/α-hetero) is 1. The molecule has 1 aliphatic heterocycles. The van der Waals surface area contributed by atoms with Crippen LogP contribution in [0.4, 0.5) is 18.0 Å². The Bertz CT molecular complexity index is 977. The molecule has 3 rings (SSSR count). The van der Waals surface area contributed by atoms with E-state index < -0.39 is 35.7 Å². The highest BCUT2D eigenvalue weighted by molar-refractivity contribution is 6.00. The number of phenolic OH excluding ortho intramolecular Hbond substituents is 1. The minimum Gasteiger partial charge on any atom is -0.504 e. The number of methoxy groups -OCH3 is 1. The van der Waals surface area contributed by atoms with Crippen molar-refractivity contribution in [2.45, 2.75) is 24.9 Å². The van der Waals surface area contributed by atoms with Crippen LogP contribution in [-0.2, 0) is 0 Å². The summed E-state index contributed by atoms with van der Waals surface area (Å²) in [7, 11) is 1.24. The van der Waals surface area contributed by atoms with Crippen molar-refractivity contribution in [3.8, 4) is 11.5 Å². The van der Waals surface area contributed by atoms with E-state index in [0.717, 1.165) is 11.6 Å². The average molecular weight is 424 g/mol. The SMILES string of the molecule is COc1cc([C@@H]2NC(=O)N[C@@](O)(C(F)(F)F)[C@@H]2C(=O)c2ccc(C)cc2)ccc1O. The highest BCUT2D eigenvalue weighted by Gasteiger charge is 2.66. The summed E-state index contributed by atoms with van der Waals surface area (Å²) in [5.74, 6) is -3.54. The number of hydrogen-bond donors (Lipinski definition) is 4. The molecule has 7 nitrogen and oxygen atoms in total. The molecule has 1 saturated heterocycles. The van der Waals surface area contributed by atoms with E-state index in [1.807, 2.05) is 0 Å². The molecule has 0 aliphatic carbocycles. The first-order valence-electron chi connectivity index (χ1n) is 8.83. The second-order valence-electron chi connectivity index (χ2n) is 6.98. The smallest absolute Gasteiger partial charge is 0.437 e. The Morgan fingerprint density at radius 1 is 1.17 bits per heavy atom. The fourth-order valence-electron chi connectivity index (χ4n) is 3.40. The van der Waals surface area contributed by atoms with Crippen LogP contribution in [0.25, 0.3) is 0 Å². The van der Waals surface area contributed by atoms with E-state index in [4.69, 9.17) is 4.74 Å². The van der Waals surface area contributed by atoms with E-state index in [0.29, 0.717) is 0 Å². The summed E-state index contributed by atoms with van der Waals surface area (Å²) in [6.45, 7) is 1.74. The van der Waals surface area contributed by atoms with Crippen molar-refractivity contribution in [2.75, 3.05) is 7.11 Å². The lowest BCUT2D eigenvalue weighted by Gasteiger charge is -2.45. The number of urea groups is 1. The van der Waals surface area contributed by atoms with Crippen molar-refractivity contribution in [2.24, 2.45) is 5.92 Å². The van der Waals surface area contributed by atoms with Crippen molar-refractivity contribution in [3.63, 3.8) is 0 Å². The highest BCUT2D eigenvalue weighted by atomic mass is 19.4. The molecular formula is C20H19F3N2O5. The van der Waals surface area contributed by atoms with Crippen molar-refractivity contribution in [1.29, 1.82) is 0 Å². The van der Waals surface area contributed by atoms with Crippen LogP contribution in [0, 0.1) is 12.8 Å². The van der Waals surface area contributed by atoms with Crippen LogP contribution < -0.4 is 15.4 Å². The number of aromatic hydroxyl groups is 1. The number of hydrogen-bond acceptors (Lipinski definition) is 5. The van der Waals surface area contributed by atoms with Crippen molar-refractivity contribution >= 4 is 11.8 Å². The Hall–Kier alpha value is -3.27. The molecule has 4 N–H and O–H groups in total. The summed E-state index contributed by atoms with van der Waals surface area (Å²) in [4.78, 5) is 25.2. The van der Waals surface area contributed by atoms with Gasteiger partial charge in [0, 0.05) is 5.56 Å². The van der Waals surface area contributed by atoms with Gasteiger partial charge in [-0.25, -0.2) is 4.79 Å². The maximum absolute atomic E-state index is 13.9. The number of phenols is 1. The summed E-state index contributed by atoms with van der Waals surface area (Å²) in [5.41, 5.74) is -3.07. The molecule has 1 heterocycles. The minimum absolute atomic E-state index is 0.0348. The molecule has 2 aromatic carbocycles. The zero-order valence-electron chi connectivity index (χ0n) is 15.9. The van der Waals surface area contributed by atoms with E-state index in [1.165, 1.54) is 36.7 Å². The predicted octanol–water partition coefficient (Wildman–Crippen LogP) is 2.81. The molecule has 2 aromatic rings. The number of carbonyl (C=O) groups is 2. The lowest BCUT2D eigenvalue weighted by Crippen LogP contribution is -2.72. The van der Waals surface area contributed by atoms with Gasteiger partial charge in [-0.15, -0.1) is 0 Å². The fourth-order valence-corrected chi connectivity index (χ4v) is 3.40. The van der Waals surface area contributed by atoms with Gasteiger partial charge in [-0.3, -0.25) is 4.79 Å². The minimum atomic E-state index is -5.35. The first kappa shape index (κ1) is 21.4. The van der Waals surface area contributed by atoms with Crippen molar-refractivity contribution in [3.05, 3.63) is 59.2 Å². The monoisotopic (exact) mass is 424 g/mol. The fraction of sp³-hybridized carbons (Fsp3) is 0.300. The standard InChI is InChI=1S/C20H19F3N2O5/c1-10-3-5-11(6-4-10)17(27)15-16(12-7-8-13(26)14(9-12)30-2)24-18(28)25-19(15,29)20(21,22)23/h3-9,15-16,26,29H,1-2H3,(H2,24,25,28)/t15-,16-,19-/m0/s1. The highest BCUT2D eigenvalue weighted by Crippen LogP contribution is 2.45. The van der Waals surface area contributed by atoms with E-state index in [9.17, 15) is 33.0 Å². The van der Waals surface area contributed by atoms with Gasteiger partial charge in [0.1, 0.15) is 5.92 Å². The van der Waals surface area contributed by atoms with Gasteiger partial charge in [0.15, 0.2) is 17.3 Å². The maximum atomic E-state index is 13.9. The van der Waals surface area contributed by atoms with E-state index >= 15 is 0 Å². The number of alkyl halides is 3. The molecule has 1 fully saturated rings. The number of amides is 2. The van der Waals surface area contributed by atoms with Gasteiger partial charge in [-0.1, -0.05) is 35.9 Å². The Kier molecular flexibility index (Phi) is 5.38. The van der Waals surface area contributed by atoms with E-state index in [2.05, 4.69) is 5.32 Å². The molecule has 0 spiro atoms. The summed E-state index contributed by atoms with van der Waals surface area (Å²) in [6, 6.07) is 6.51. The van der Waals surface area contributed by atoms with Crippen LogP contribution >= 0.6 is 0 Å². The van der Waals surface area contributed by atoms with Gasteiger partial charge in [0.05, 0.1) is 13.2 Å². The van der Waals surface area contributed by atoms with Gasteiger partial charge >= 0.3 is 12.2 Å². The summed E-state index contributed by atoms with van der Waals surface area (Å²) in [6.07, 6.45) is -5.35. The number of halogens is 3. The number of aliphatic hydroxyl groups is 1. The molecule has 2 amide bonds. The topological polar surface area (TPSA) is 108 Å². The van der Waals surface area contributed by atoms with Crippen LogP contribution in [-0.4, -0.2) is 41.0 Å². The first-order valence-corrected chi connectivity index (χ1v) is 8.83. The molecule has 0 bridgehead atoms. The van der Waals surface area contributed by atoms with Gasteiger partial charge < -0.3 is 25.6 Å². The quantitative estimate of drug-likeness (QED) is 0.565. The zero-order valence-corrected chi connectivity index (χ0v) is 15.9. The van der Waals surface area contributed by atoms with Crippen LogP contribution in [0.1, 0.15) is 27.5 Å². The third-order valence-corrected chi connectivity index (χ3v) is 4.99. The van der Waals surface area contributed by atoms with Crippen LogP contribution in [0.2, 0.25) is 0 Å². The molecule has 1 aliphatic rings. The zero-order chi connectivity index (χ0) is 22.3. The average Bonchev–Trinajstić information content (AvgIpc) is 2.67. The third kappa shape index (κ3) is 3.65. The largest absolute Gasteiger partial charge is 0.504 e. The normalized spacial score (nSPS) is 24.0. The molecule has 0 aromatic heterocycles. The second kappa shape index (κ2) is 7.52. The number of benzene rings is 2. The molecule has 160 valence electrons. The van der Waals surface area contributed by atoms with Crippen LogP contribution in [0.15, 0.2) is 42.5 Å². The lowest BCUT2D eigenvalue weighted by molar-refractivity contribution is -0.287. The second-order valence-corrected chi connectivity index (χ2v) is 6.98. The Morgan fingerprint density at radius 2 is 1.80 bits per heavy atom. The number of rotatable bonds is 4. The molecule has 30 heavy (non-hydrogen) atoms. The number of carbonyl (C=O) groups excluding carboxylic acids is 2. The Morgan fingerprint density at radius 3 is 2.37 bits per heavy atom. The van der Waals surface area contributed by atoms with Gasteiger partial charge in [-0.2, -0.15) is 13.2 Å². The van der Waals surface area contributed by atoms with Gasteiger partial charge in [0.2, 0.25) is 5.72 Å². The number of aryl methyl sites for hydroxylation is 1. The molecular weight excluding hydrogens is 405 g/mol. The number of ether oxygens (including phenoxy) is 1. The lowest BCUT2D eigenvalue weighted by atomic mass is 9.77. The molecule has 3 atom stereocenters. The first-order chi connectivity index (χ1) is 14.0. The van der Waals surface area contributed by atoms with E-state index in [-0.39, 0.29) is 22.6 Å².